The first-order valence-corrected chi connectivity index (χ1v) is 13.3. The van der Waals surface area contributed by atoms with Crippen LogP contribution in [0.5, 0.6) is 5.75 Å². The number of para-hydroxylation sites is 1. The van der Waals surface area contributed by atoms with Gasteiger partial charge in [-0.3, -0.25) is 9.36 Å². The van der Waals surface area contributed by atoms with Crippen molar-refractivity contribution in [3.63, 3.8) is 0 Å². The molecule has 190 valence electrons. The molecule has 2 aromatic carbocycles. The largest absolute Gasteiger partial charge is 0.483 e. The van der Waals surface area contributed by atoms with E-state index < -0.39 is 5.97 Å². The van der Waals surface area contributed by atoms with E-state index in [9.17, 15) is 9.59 Å². The minimum absolute atomic E-state index is 0.0718. The number of nitrogens with zero attached hydrogens (tertiary/aromatic N) is 3. The van der Waals surface area contributed by atoms with Crippen LogP contribution in [0, 0.1) is 0 Å². The SMILES string of the molecule is C=CCn1c(SCC(=O)Nc2scc(-c3ccccc3)c2C(=O)OC)nnc1C(C)Oc1ccccc1. The van der Waals surface area contributed by atoms with Crippen molar-refractivity contribution >= 4 is 40.0 Å². The molecule has 0 aliphatic rings. The van der Waals surface area contributed by atoms with Crippen LogP contribution < -0.4 is 10.1 Å². The van der Waals surface area contributed by atoms with Crippen LogP contribution in [0.4, 0.5) is 5.00 Å². The lowest BCUT2D eigenvalue weighted by Gasteiger charge is -2.15. The Morgan fingerprint density at radius 1 is 1.14 bits per heavy atom. The molecule has 0 radical (unpaired) electrons. The van der Waals surface area contributed by atoms with E-state index in [1.807, 2.05) is 77.5 Å². The number of thioether (sulfide) groups is 1. The van der Waals surface area contributed by atoms with Crippen LogP contribution in [-0.2, 0) is 16.1 Å². The summed E-state index contributed by atoms with van der Waals surface area (Å²) >= 11 is 2.52. The molecule has 0 saturated carbocycles. The molecule has 0 fully saturated rings. The van der Waals surface area contributed by atoms with Gasteiger partial charge in [-0.25, -0.2) is 4.79 Å². The summed E-state index contributed by atoms with van der Waals surface area (Å²) in [5.74, 6) is 0.641. The number of esters is 1. The van der Waals surface area contributed by atoms with Gasteiger partial charge in [-0.2, -0.15) is 0 Å². The topological polar surface area (TPSA) is 95.3 Å². The van der Waals surface area contributed by atoms with E-state index in [1.165, 1.54) is 30.2 Å². The second kappa shape index (κ2) is 12.4. The van der Waals surface area contributed by atoms with Crippen LogP contribution >= 0.6 is 23.1 Å². The molecule has 8 nitrogen and oxygen atoms in total. The van der Waals surface area contributed by atoms with Gasteiger partial charge in [-0.1, -0.05) is 66.4 Å². The normalized spacial score (nSPS) is 11.5. The van der Waals surface area contributed by atoms with Crippen LogP contribution in [0.1, 0.15) is 29.2 Å². The summed E-state index contributed by atoms with van der Waals surface area (Å²) in [5, 5.41) is 14.3. The Kier molecular flexibility index (Phi) is 8.76. The fourth-order valence-electron chi connectivity index (χ4n) is 3.64. The molecular formula is C27H26N4O4S2. The molecule has 2 heterocycles. The number of ether oxygens (including phenoxy) is 2. The third kappa shape index (κ3) is 6.28. The number of thiophene rings is 1. The van der Waals surface area contributed by atoms with E-state index in [2.05, 4.69) is 22.1 Å². The molecule has 0 saturated heterocycles. The number of benzene rings is 2. The molecule has 1 atom stereocenters. The minimum atomic E-state index is -0.508. The zero-order chi connectivity index (χ0) is 26.2. The molecule has 0 aliphatic carbocycles. The second-order valence-electron chi connectivity index (χ2n) is 7.86. The summed E-state index contributed by atoms with van der Waals surface area (Å²) in [6.07, 6.45) is 1.38. The fourth-order valence-corrected chi connectivity index (χ4v) is 5.37. The van der Waals surface area contributed by atoms with Gasteiger partial charge in [0.2, 0.25) is 5.91 Å². The van der Waals surface area contributed by atoms with Gasteiger partial charge in [0.05, 0.1) is 12.9 Å². The molecule has 0 aliphatic heterocycles. The van der Waals surface area contributed by atoms with E-state index in [1.54, 1.807) is 6.08 Å². The summed E-state index contributed by atoms with van der Waals surface area (Å²) < 4.78 is 12.9. The molecular weight excluding hydrogens is 508 g/mol. The summed E-state index contributed by atoms with van der Waals surface area (Å²) in [4.78, 5) is 25.4. The second-order valence-corrected chi connectivity index (χ2v) is 9.68. The van der Waals surface area contributed by atoms with Gasteiger partial charge in [0.25, 0.3) is 0 Å². The first kappa shape index (κ1) is 26.2. The van der Waals surface area contributed by atoms with Crippen molar-refractivity contribution in [3.8, 4) is 16.9 Å². The van der Waals surface area contributed by atoms with E-state index >= 15 is 0 Å². The molecule has 2 aromatic heterocycles. The average Bonchev–Trinajstić information content (AvgIpc) is 3.52. The molecule has 1 amide bonds. The predicted octanol–water partition coefficient (Wildman–Crippen LogP) is 5.85. The Bertz CT molecular complexity index is 1370. The van der Waals surface area contributed by atoms with Crippen molar-refractivity contribution in [3.05, 3.63) is 90.1 Å². The summed E-state index contributed by atoms with van der Waals surface area (Å²) in [5.41, 5.74) is 1.91. The Morgan fingerprint density at radius 3 is 2.51 bits per heavy atom. The van der Waals surface area contributed by atoms with Gasteiger partial charge in [0, 0.05) is 17.5 Å². The van der Waals surface area contributed by atoms with Gasteiger partial charge >= 0.3 is 5.97 Å². The van der Waals surface area contributed by atoms with E-state index in [0.717, 1.165) is 11.3 Å². The van der Waals surface area contributed by atoms with Crippen molar-refractivity contribution < 1.29 is 19.1 Å². The first-order valence-electron chi connectivity index (χ1n) is 11.4. The molecule has 37 heavy (non-hydrogen) atoms. The standard InChI is InChI=1S/C27H26N4O4S2/c1-4-15-31-24(18(2)35-20-13-9-6-10-14-20)29-30-27(31)37-17-22(32)28-25-23(26(33)34-3)21(16-36-25)19-11-7-5-8-12-19/h4-14,16,18H,1,15,17H2,2-3H3,(H,28,32). The third-order valence-corrected chi connectivity index (χ3v) is 7.19. The zero-order valence-electron chi connectivity index (χ0n) is 20.4. The molecule has 0 spiro atoms. The molecule has 4 rings (SSSR count). The van der Waals surface area contributed by atoms with Crippen molar-refractivity contribution in [1.82, 2.24) is 14.8 Å². The van der Waals surface area contributed by atoms with Crippen molar-refractivity contribution in [2.45, 2.75) is 24.7 Å². The van der Waals surface area contributed by atoms with Crippen molar-refractivity contribution in [2.24, 2.45) is 0 Å². The van der Waals surface area contributed by atoms with E-state index in [-0.39, 0.29) is 17.8 Å². The van der Waals surface area contributed by atoms with Crippen LogP contribution in [0.2, 0.25) is 0 Å². The number of carbonyl (C=O) groups is 2. The zero-order valence-corrected chi connectivity index (χ0v) is 22.1. The molecule has 4 aromatic rings. The van der Waals surface area contributed by atoms with Gasteiger partial charge in [0.1, 0.15) is 16.3 Å². The number of carbonyl (C=O) groups excluding carboxylic acids is 2. The van der Waals surface area contributed by atoms with E-state index in [4.69, 9.17) is 9.47 Å². The predicted molar refractivity (Wildman–Crippen MR) is 146 cm³/mol. The first-order chi connectivity index (χ1) is 18.0. The average molecular weight is 535 g/mol. The quantitative estimate of drug-likeness (QED) is 0.146. The molecule has 1 N–H and O–H groups in total. The Morgan fingerprint density at radius 2 is 1.84 bits per heavy atom. The van der Waals surface area contributed by atoms with Crippen molar-refractivity contribution in [1.29, 1.82) is 0 Å². The van der Waals surface area contributed by atoms with Crippen LogP contribution in [0.3, 0.4) is 0 Å². The lowest BCUT2D eigenvalue weighted by Crippen LogP contribution is -2.17. The van der Waals surface area contributed by atoms with Crippen LogP contribution in [0.25, 0.3) is 11.1 Å². The summed E-state index contributed by atoms with van der Waals surface area (Å²) in [7, 11) is 1.32. The van der Waals surface area contributed by atoms with Crippen LogP contribution in [0.15, 0.2) is 83.9 Å². The molecule has 1 unspecified atom stereocenters. The Balaban J connectivity index is 1.47. The highest BCUT2D eigenvalue weighted by Gasteiger charge is 2.23. The maximum atomic E-state index is 12.9. The van der Waals surface area contributed by atoms with Gasteiger partial charge in [0.15, 0.2) is 17.1 Å². The number of methoxy groups -OCH3 is 1. The summed E-state index contributed by atoms with van der Waals surface area (Å²) in [6, 6.07) is 19.0. The number of allylic oxidation sites excluding steroid dienone is 1. The number of hydrogen-bond acceptors (Lipinski definition) is 8. The fraction of sp³-hybridized carbons (Fsp3) is 0.185. The maximum absolute atomic E-state index is 12.9. The summed E-state index contributed by atoms with van der Waals surface area (Å²) in [6.45, 7) is 6.19. The monoisotopic (exact) mass is 534 g/mol. The minimum Gasteiger partial charge on any atom is -0.483 e. The highest BCUT2D eigenvalue weighted by atomic mass is 32.2. The highest BCUT2D eigenvalue weighted by molar-refractivity contribution is 7.99. The number of anilines is 1. The number of nitrogens with one attached hydrogen (secondary N) is 1. The lowest BCUT2D eigenvalue weighted by molar-refractivity contribution is -0.113. The number of hydrogen-bond donors (Lipinski definition) is 1. The van der Waals surface area contributed by atoms with Gasteiger partial charge < -0.3 is 14.8 Å². The number of rotatable bonds is 11. The van der Waals surface area contributed by atoms with Crippen molar-refractivity contribution in [2.75, 3.05) is 18.2 Å². The molecule has 0 bridgehead atoms. The Labute approximate surface area is 223 Å². The smallest absolute Gasteiger partial charge is 0.341 e. The third-order valence-electron chi connectivity index (χ3n) is 5.33. The lowest BCUT2D eigenvalue weighted by atomic mass is 10.0. The van der Waals surface area contributed by atoms with E-state index in [0.29, 0.717) is 33.7 Å². The molecule has 10 heteroatoms. The Hall–Kier alpha value is -3.89. The number of amides is 1. The number of aromatic nitrogens is 3. The van der Waals surface area contributed by atoms with Gasteiger partial charge in [-0.15, -0.1) is 28.1 Å². The van der Waals surface area contributed by atoms with Gasteiger partial charge in [-0.05, 0) is 24.6 Å². The highest BCUT2D eigenvalue weighted by Crippen LogP contribution is 2.36. The van der Waals surface area contributed by atoms with Crippen LogP contribution in [-0.4, -0.2) is 39.5 Å². The maximum Gasteiger partial charge on any atom is 0.341 e.